The molecule has 1 heterocycles. The Morgan fingerprint density at radius 1 is 1.18 bits per heavy atom. The van der Waals surface area contributed by atoms with Crippen molar-refractivity contribution in [2.75, 3.05) is 19.8 Å². The maximum atomic E-state index is 13.6. The number of carbonyl (C=O) groups is 1. The van der Waals surface area contributed by atoms with Crippen LogP contribution in [0.5, 0.6) is 5.75 Å². The molecule has 0 spiro atoms. The van der Waals surface area contributed by atoms with Gasteiger partial charge in [0.15, 0.2) is 5.54 Å². The maximum Gasteiger partial charge on any atom is 0.252 e. The minimum atomic E-state index is -1.06. The summed E-state index contributed by atoms with van der Waals surface area (Å²) in [6.07, 6.45) is 1.46. The highest BCUT2D eigenvalue weighted by Crippen LogP contribution is 2.33. The zero-order valence-electron chi connectivity index (χ0n) is 20.4. The summed E-state index contributed by atoms with van der Waals surface area (Å²) in [7, 11) is 0. The van der Waals surface area contributed by atoms with Gasteiger partial charge in [-0.2, -0.15) is 0 Å². The third-order valence-corrected chi connectivity index (χ3v) is 6.40. The number of hydrogen-bond acceptors (Lipinski definition) is 5. The highest BCUT2D eigenvalue weighted by molar-refractivity contribution is 9.10. The van der Waals surface area contributed by atoms with Crippen molar-refractivity contribution in [3.05, 3.63) is 64.1 Å². The summed E-state index contributed by atoms with van der Waals surface area (Å²) in [6.45, 7) is 9.52. The number of amides is 1. The van der Waals surface area contributed by atoms with Gasteiger partial charge >= 0.3 is 0 Å². The molecule has 2 aromatic carbocycles. The second-order valence-electron chi connectivity index (χ2n) is 9.92. The van der Waals surface area contributed by atoms with Crippen molar-refractivity contribution in [3.63, 3.8) is 0 Å². The number of aliphatic hydroxyl groups is 1. The van der Waals surface area contributed by atoms with E-state index < -0.39 is 11.6 Å². The third kappa shape index (κ3) is 6.83. The SMILES string of the molecule is C[C@H]1OC(c2ccc(OCCCO)cc2)=N[C@@]1(Cc1ccc(Br)cc1)C(=O)NCCC(C)(C)C. The number of nitrogens with one attached hydrogen (secondary N) is 1. The second-order valence-corrected chi connectivity index (χ2v) is 10.8. The number of ether oxygens (including phenoxy) is 2. The van der Waals surface area contributed by atoms with E-state index in [2.05, 4.69) is 42.0 Å². The molecular weight excluding hydrogens is 496 g/mol. The standard InChI is InChI=1S/C27H35BrN2O4/c1-19-27(18-20-6-10-22(28)11-7-20,25(32)29-15-14-26(2,3)4)30-24(34-19)21-8-12-23(13-9-21)33-17-5-16-31/h6-13,19,31H,5,14-18H2,1-4H3,(H,29,32)/t19-,27-/m1/s1. The van der Waals surface area contributed by atoms with Gasteiger partial charge in [-0.25, -0.2) is 4.99 Å². The largest absolute Gasteiger partial charge is 0.494 e. The number of hydrogen-bond donors (Lipinski definition) is 2. The van der Waals surface area contributed by atoms with E-state index >= 15 is 0 Å². The minimum Gasteiger partial charge on any atom is -0.494 e. The summed E-state index contributed by atoms with van der Waals surface area (Å²) >= 11 is 3.48. The van der Waals surface area contributed by atoms with Gasteiger partial charge in [-0.05, 0) is 60.7 Å². The molecule has 0 bridgehead atoms. The van der Waals surface area contributed by atoms with Crippen molar-refractivity contribution in [1.82, 2.24) is 5.32 Å². The molecule has 7 heteroatoms. The molecule has 0 aliphatic carbocycles. The third-order valence-electron chi connectivity index (χ3n) is 5.88. The number of halogens is 1. The van der Waals surface area contributed by atoms with Crippen LogP contribution in [0.15, 0.2) is 58.0 Å². The van der Waals surface area contributed by atoms with E-state index in [9.17, 15) is 4.79 Å². The van der Waals surface area contributed by atoms with Crippen LogP contribution in [0.2, 0.25) is 0 Å². The Labute approximate surface area is 210 Å². The molecule has 184 valence electrons. The number of carbonyl (C=O) groups excluding carboxylic acids is 1. The Kier molecular flexibility index (Phi) is 8.77. The van der Waals surface area contributed by atoms with Crippen molar-refractivity contribution in [1.29, 1.82) is 0 Å². The van der Waals surface area contributed by atoms with Crippen LogP contribution in [0.25, 0.3) is 0 Å². The van der Waals surface area contributed by atoms with Gasteiger partial charge < -0.3 is 19.9 Å². The fraction of sp³-hybridized carbons (Fsp3) is 0.481. The van der Waals surface area contributed by atoms with Crippen molar-refractivity contribution in [2.45, 2.75) is 58.6 Å². The van der Waals surface area contributed by atoms with E-state index in [4.69, 9.17) is 19.6 Å². The molecule has 0 aromatic heterocycles. The summed E-state index contributed by atoms with van der Waals surface area (Å²) < 4.78 is 12.8. The number of rotatable bonds is 10. The molecular formula is C27H35BrN2O4. The Morgan fingerprint density at radius 2 is 1.85 bits per heavy atom. The molecule has 34 heavy (non-hydrogen) atoms. The first kappa shape index (κ1) is 26.2. The van der Waals surface area contributed by atoms with E-state index in [0.717, 1.165) is 22.0 Å². The van der Waals surface area contributed by atoms with E-state index in [1.54, 1.807) is 0 Å². The van der Waals surface area contributed by atoms with Crippen molar-refractivity contribution >= 4 is 27.7 Å². The Balaban J connectivity index is 1.86. The van der Waals surface area contributed by atoms with Crippen LogP contribution in [0, 0.1) is 5.41 Å². The molecule has 0 saturated carbocycles. The summed E-state index contributed by atoms with van der Waals surface area (Å²) in [5, 5.41) is 12.0. The average Bonchev–Trinajstić information content (AvgIpc) is 3.12. The first-order chi connectivity index (χ1) is 16.1. The summed E-state index contributed by atoms with van der Waals surface area (Å²) in [5.41, 5.74) is 0.875. The predicted octanol–water partition coefficient (Wildman–Crippen LogP) is 4.91. The van der Waals surface area contributed by atoms with Crippen LogP contribution in [-0.2, 0) is 16.0 Å². The number of benzene rings is 2. The molecule has 1 aliphatic heterocycles. The van der Waals surface area contributed by atoms with Gasteiger partial charge in [-0.3, -0.25) is 4.79 Å². The van der Waals surface area contributed by atoms with Crippen LogP contribution >= 0.6 is 15.9 Å². The van der Waals surface area contributed by atoms with Crippen molar-refractivity contribution in [3.8, 4) is 5.75 Å². The zero-order valence-corrected chi connectivity index (χ0v) is 22.0. The number of nitrogens with zero attached hydrogens (tertiary/aromatic N) is 1. The van der Waals surface area contributed by atoms with Crippen LogP contribution in [-0.4, -0.2) is 48.3 Å². The maximum absolute atomic E-state index is 13.6. The monoisotopic (exact) mass is 530 g/mol. The smallest absolute Gasteiger partial charge is 0.252 e. The fourth-order valence-electron chi connectivity index (χ4n) is 3.76. The minimum absolute atomic E-state index is 0.0961. The van der Waals surface area contributed by atoms with E-state index in [0.29, 0.717) is 37.6 Å². The molecule has 2 N–H and O–H groups in total. The molecule has 1 aliphatic rings. The topological polar surface area (TPSA) is 80.2 Å². The molecule has 6 nitrogen and oxygen atoms in total. The Morgan fingerprint density at radius 3 is 2.47 bits per heavy atom. The average molecular weight is 531 g/mol. The Hall–Kier alpha value is -2.38. The summed E-state index contributed by atoms with van der Waals surface area (Å²) in [6, 6.07) is 15.4. The molecule has 1 amide bonds. The first-order valence-electron chi connectivity index (χ1n) is 11.8. The van der Waals surface area contributed by atoms with Gasteiger partial charge in [0.25, 0.3) is 5.91 Å². The van der Waals surface area contributed by atoms with Crippen molar-refractivity contribution in [2.24, 2.45) is 10.4 Å². The summed E-state index contributed by atoms with van der Waals surface area (Å²) in [4.78, 5) is 18.5. The number of aliphatic imine (C=N–C) groups is 1. The van der Waals surface area contributed by atoms with Crippen LogP contribution < -0.4 is 10.1 Å². The lowest BCUT2D eigenvalue weighted by atomic mass is 9.85. The molecule has 0 fully saturated rings. The highest BCUT2D eigenvalue weighted by Gasteiger charge is 2.50. The van der Waals surface area contributed by atoms with Gasteiger partial charge in [0, 0.05) is 36.0 Å². The molecule has 2 aromatic rings. The van der Waals surface area contributed by atoms with Crippen LogP contribution in [0.3, 0.4) is 0 Å². The lowest BCUT2D eigenvalue weighted by Crippen LogP contribution is -2.52. The molecule has 3 rings (SSSR count). The van der Waals surface area contributed by atoms with Crippen LogP contribution in [0.1, 0.15) is 51.7 Å². The van der Waals surface area contributed by atoms with E-state index in [-0.39, 0.29) is 17.9 Å². The van der Waals surface area contributed by atoms with E-state index in [1.165, 1.54) is 0 Å². The highest BCUT2D eigenvalue weighted by atomic mass is 79.9. The number of aliphatic hydroxyl groups excluding tert-OH is 1. The lowest BCUT2D eigenvalue weighted by Gasteiger charge is -2.29. The lowest BCUT2D eigenvalue weighted by molar-refractivity contribution is -0.128. The van der Waals surface area contributed by atoms with Gasteiger partial charge in [0.1, 0.15) is 11.9 Å². The second kappa shape index (κ2) is 11.4. The van der Waals surface area contributed by atoms with Crippen molar-refractivity contribution < 1.29 is 19.4 Å². The van der Waals surface area contributed by atoms with Gasteiger partial charge in [-0.1, -0.05) is 48.8 Å². The first-order valence-corrected chi connectivity index (χ1v) is 12.6. The molecule has 0 unspecified atom stereocenters. The van der Waals surface area contributed by atoms with Crippen LogP contribution in [0.4, 0.5) is 0 Å². The van der Waals surface area contributed by atoms with Gasteiger partial charge in [0.2, 0.25) is 5.90 Å². The fourth-order valence-corrected chi connectivity index (χ4v) is 4.03. The molecule has 2 atom stereocenters. The quantitative estimate of drug-likeness (QED) is 0.427. The predicted molar refractivity (Wildman–Crippen MR) is 138 cm³/mol. The van der Waals surface area contributed by atoms with E-state index in [1.807, 2.05) is 55.5 Å². The normalized spacial score (nSPS) is 19.9. The zero-order chi connectivity index (χ0) is 24.8. The summed E-state index contributed by atoms with van der Waals surface area (Å²) in [5.74, 6) is 1.05. The van der Waals surface area contributed by atoms with Gasteiger partial charge in [-0.15, -0.1) is 0 Å². The van der Waals surface area contributed by atoms with Gasteiger partial charge in [0.05, 0.1) is 6.61 Å². The Bertz CT molecular complexity index is 983. The molecule has 0 saturated heterocycles. The molecule has 0 radical (unpaired) electrons.